The zero-order chi connectivity index (χ0) is 11.6. The molecule has 2 N–H and O–H groups in total. The van der Waals surface area contributed by atoms with E-state index in [9.17, 15) is 0 Å². The van der Waals surface area contributed by atoms with E-state index in [1.807, 2.05) is 19.9 Å². The Morgan fingerprint density at radius 2 is 1.94 bits per heavy atom. The Hall–Kier alpha value is -1.16. The molecular weight excluding hydrogens is 200 g/mol. The van der Waals surface area contributed by atoms with Gasteiger partial charge in [-0.15, -0.1) is 0 Å². The van der Waals surface area contributed by atoms with E-state index < -0.39 is 0 Å². The highest BCUT2D eigenvalue weighted by Gasteiger charge is 2.26. The minimum Gasteiger partial charge on any atom is -0.365 e. The summed E-state index contributed by atoms with van der Waals surface area (Å²) >= 11 is 0. The van der Waals surface area contributed by atoms with Gasteiger partial charge in [0, 0.05) is 17.3 Å². The van der Waals surface area contributed by atoms with Gasteiger partial charge in [0.05, 0.1) is 0 Å². The summed E-state index contributed by atoms with van der Waals surface area (Å²) in [5, 5.41) is 6.92. The Kier molecular flexibility index (Phi) is 3.10. The second-order valence-electron chi connectivity index (χ2n) is 4.88. The molecule has 16 heavy (non-hydrogen) atoms. The quantitative estimate of drug-likeness (QED) is 0.795. The third-order valence-electron chi connectivity index (χ3n) is 3.10. The Balaban J connectivity index is 2.13. The predicted octanol–water partition coefficient (Wildman–Crippen LogP) is 1.65. The average molecular weight is 220 g/mol. The lowest BCUT2D eigenvalue weighted by molar-refractivity contribution is 0.364. The summed E-state index contributed by atoms with van der Waals surface area (Å²) in [6.45, 7) is 8.35. The first-order valence-electron chi connectivity index (χ1n) is 5.89. The van der Waals surface area contributed by atoms with Crippen LogP contribution in [-0.4, -0.2) is 28.6 Å². The van der Waals surface area contributed by atoms with Crippen LogP contribution in [0.5, 0.6) is 0 Å². The largest absolute Gasteiger partial charge is 0.365 e. The number of rotatable bonds is 2. The molecule has 1 aliphatic rings. The van der Waals surface area contributed by atoms with Gasteiger partial charge in [0.15, 0.2) is 0 Å². The summed E-state index contributed by atoms with van der Waals surface area (Å²) in [5.74, 6) is 1.79. The molecule has 1 fully saturated rings. The molecule has 2 rings (SSSR count). The van der Waals surface area contributed by atoms with E-state index >= 15 is 0 Å². The minimum atomic E-state index is 0.165. The van der Waals surface area contributed by atoms with Crippen molar-refractivity contribution >= 4 is 5.82 Å². The third-order valence-corrected chi connectivity index (χ3v) is 3.10. The molecule has 0 radical (unpaired) electrons. The molecule has 0 unspecified atom stereocenters. The van der Waals surface area contributed by atoms with Gasteiger partial charge < -0.3 is 10.6 Å². The van der Waals surface area contributed by atoms with Gasteiger partial charge in [-0.25, -0.2) is 9.97 Å². The summed E-state index contributed by atoms with van der Waals surface area (Å²) in [6, 6.07) is 2.01. The lowest BCUT2D eigenvalue weighted by Gasteiger charge is -2.35. The highest BCUT2D eigenvalue weighted by molar-refractivity contribution is 5.39. The monoisotopic (exact) mass is 220 g/mol. The number of nitrogens with zero attached hydrogens (tertiary/aromatic N) is 2. The Morgan fingerprint density at radius 1 is 1.25 bits per heavy atom. The normalized spacial score (nSPS) is 19.4. The molecule has 1 aliphatic heterocycles. The van der Waals surface area contributed by atoms with Crippen molar-refractivity contribution in [2.45, 2.75) is 39.2 Å². The zero-order valence-electron chi connectivity index (χ0n) is 10.3. The average Bonchev–Trinajstić information content (AvgIpc) is 2.15. The first-order chi connectivity index (χ1) is 7.57. The lowest BCUT2D eigenvalue weighted by atomic mass is 9.90. The van der Waals surface area contributed by atoms with Crippen molar-refractivity contribution in [2.75, 3.05) is 18.4 Å². The van der Waals surface area contributed by atoms with Crippen LogP contribution in [0.25, 0.3) is 0 Å². The van der Waals surface area contributed by atoms with E-state index in [0.29, 0.717) is 0 Å². The molecule has 0 aliphatic carbocycles. The van der Waals surface area contributed by atoms with Crippen LogP contribution in [0.1, 0.15) is 31.3 Å². The Labute approximate surface area is 96.9 Å². The first-order valence-corrected chi connectivity index (χ1v) is 5.89. The van der Waals surface area contributed by atoms with Crippen LogP contribution >= 0.6 is 0 Å². The molecule has 0 saturated carbocycles. The van der Waals surface area contributed by atoms with Crippen molar-refractivity contribution in [2.24, 2.45) is 0 Å². The van der Waals surface area contributed by atoms with Crippen LogP contribution in [0.15, 0.2) is 6.07 Å². The fraction of sp³-hybridized carbons (Fsp3) is 0.667. The maximum atomic E-state index is 4.43. The van der Waals surface area contributed by atoms with Gasteiger partial charge in [-0.05, 0) is 46.7 Å². The van der Waals surface area contributed by atoms with Gasteiger partial charge in [0.1, 0.15) is 11.6 Å². The lowest BCUT2D eigenvalue weighted by Crippen LogP contribution is -2.45. The number of hydrogen-bond acceptors (Lipinski definition) is 4. The highest BCUT2D eigenvalue weighted by atomic mass is 15.1. The van der Waals surface area contributed by atoms with Gasteiger partial charge in [-0.1, -0.05) is 0 Å². The summed E-state index contributed by atoms with van der Waals surface area (Å²) in [5.41, 5.74) is 1.19. The van der Waals surface area contributed by atoms with Crippen LogP contribution in [-0.2, 0) is 0 Å². The number of aromatic nitrogens is 2. The van der Waals surface area contributed by atoms with Crippen molar-refractivity contribution in [3.8, 4) is 0 Å². The van der Waals surface area contributed by atoms with Gasteiger partial charge >= 0.3 is 0 Å². The molecule has 0 aromatic carbocycles. The molecule has 1 aromatic rings. The Bertz CT molecular complexity index is 349. The smallest absolute Gasteiger partial charge is 0.130 e. The Morgan fingerprint density at radius 3 is 2.56 bits per heavy atom. The van der Waals surface area contributed by atoms with Gasteiger partial charge in [-0.2, -0.15) is 0 Å². The third kappa shape index (κ3) is 2.70. The second kappa shape index (κ2) is 4.37. The molecule has 4 nitrogen and oxygen atoms in total. The molecule has 0 bridgehead atoms. The maximum Gasteiger partial charge on any atom is 0.130 e. The topological polar surface area (TPSA) is 49.8 Å². The molecule has 88 valence electrons. The van der Waals surface area contributed by atoms with E-state index in [4.69, 9.17) is 0 Å². The van der Waals surface area contributed by atoms with Crippen molar-refractivity contribution in [1.82, 2.24) is 15.3 Å². The fourth-order valence-electron chi connectivity index (χ4n) is 2.19. The molecule has 1 saturated heterocycles. The number of aryl methyl sites for hydroxylation is 2. The summed E-state index contributed by atoms with van der Waals surface area (Å²) in [4.78, 5) is 8.72. The minimum absolute atomic E-state index is 0.165. The highest BCUT2D eigenvalue weighted by Crippen LogP contribution is 2.22. The van der Waals surface area contributed by atoms with Gasteiger partial charge in [0.2, 0.25) is 0 Å². The van der Waals surface area contributed by atoms with Crippen molar-refractivity contribution in [3.63, 3.8) is 0 Å². The van der Waals surface area contributed by atoms with E-state index in [1.54, 1.807) is 0 Å². The van der Waals surface area contributed by atoms with E-state index in [-0.39, 0.29) is 5.54 Å². The molecule has 0 atom stereocenters. The van der Waals surface area contributed by atoms with Crippen LogP contribution in [0.3, 0.4) is 0 Å². The molecule has 2 heterocycles. The second-order valence-corrected chi connectivity index (χ2v) is 4.88. The first kappa shape index (κ1) is 11.3. The molecule has 0 amide bonds. The number of nitrogens with one attached hydrogen (secondary N) is 2. The van der Waals surface area contributed by atoms with Crippen LogP contribution in [0.4, 0.5) is 5.82 Å². The molecule has 1 aromatic heterocycles. The SMILES string of the molecule is Cc1cc(NC2(C)CCNCC2)nc(C)n1. The number of anilines is 1. The van der Waals surface area contributed by atoms with Crippen LogP contribution in [0.2, 0.25) is 0 Å². The van der Waals surface area contributed by atoms with Crippen molar-refractivity contribution in [1.29, 1.82) is 0 Å². The number of piperidine rings is 1. The van der Waals surface area contributed by atoms with Crippen molar-refractivity contribution in [3.05, 3.63) is 17.6 Å². The molecule has 0 spiro atoms. The fourth-order valence-corrected chi connectivity index (χ4v) is 2.19. The molecule has 4 heteroatoms. The summed E-state index contributed by atoms with van der Waals surface area (Å²) in [7, 11) is 0. The number of hydrogen-bond donors (Lipinski definition) is 2. The van der Waals surface area contributed by atoms with E-state index in [0.717, 1.165) is 43.3 Å². The van der Waals surface area contributed by atoms with E-state index in [1.165, 1.54) is 0 Å². The molecular formula is C12H20N4. The summed E-state index contributed by atoms with van der Waals surface area (Å²) in [6.07, 6.45) is 2.27. The zero-order valence-corrected chi connectivity index (χ0v) is 10.3. The predicted molar refractivity (Wildman–Crippen MR) is 65.6 cm³/mol. The van der Waals surface area contributed by atoms with Crippen molar-refractivity contribution < 1.29 is 0 Å². The van der Waals surface area contributed by atoms with E-state index in [2.05, 4.69) is 27.5 Å². The summed E-state index contributed by atoms with van der Waals surface area (Å²) < 4.78 is 0. The van der Waals surface area contributed by atoms with Crippen LogP contribution in [0, 0.1) is 13.8 Å². The van der Waals surface area contributed by atoms with Gasteiger partial charge in [0.25, 0.3) is 0 Å². The van der Waals surface area contributed by atoms with Crippen LogP contribution < -0.4 is 10.6 Å². The maximum absolute atomic E-state index is 4.43. The van der Waals surface area contributed by atoms with Gasteiger partial charge in [-0.3, -0.25) is 0 Å². The standard InChI is InChI=1S/C12H20N4/c1-9-8-11(15-10(2)14-9)16-12(3)4-6-13-7-5-12/h8,13H,4-7H2,1-3H3,(H,14,15,16).